The molecule has 1 aromatic carbocycles. The van der Waals surface area contributed by atoms with Gasteiger partial charge in [0.2, 0.25) is 0 Å². The number of aromatic nitrogens is 2. The number of methoxy groups -OCH3 is 1. The molecule has 0 spiro atoms. The van der Waals surface area contributed by atoms with Gasteiger partial charge in [-0.25, -0.2) is 14.8 Å². The smallest absolute Gasteiger partial charge is 0.340 e. The first kappa shape index (κ1) is 13.1. The molecule has 1 heterocycles. The zero-order chi connectivity index (χ0) is 13.4. The minimum Gasteiger partial charge on any atom is -0.465 e. The first-order valence-electron chi connectivity index (χ1n) is 5.17. The van der Waals surface area contributed by atoms with Crippen LogP contribution in [0, 0.1) is 13.8 Å². The van der Waals surface area contributed by atoms with Crippen molar-refractivity contribution in [3.63, 3.8) is 0 Å². The molecule has 94 valence electrons. The number of benzene rings is 1. The SMILES string of the molecule is COC(=O)c1c(C)c(C)cc2nc(Cl)c(Cl)nc12. The van der Waals surface area contributed by atoms with Gasteiger partial charge in [-0.05, 0) is 31.0 Å². The number of rotatable bonds is 1. The summed E-state index contributed by atoms with van der Waals surface area (Å²) in [6.07, 6.45) is 0. The van der Waals surface area contributed by atoms with Gasteiger partial charge in [0.25, 0.3) is 0 Å². The summed E-state index contributed by atoms with van der Waals surface area (Å²) in [4.78, 5) is 20.1. The maximum absolute atomic E-state index is 11.8. The lowest BCUT2D eigenvalue weighted by Crippen LogP contribution is -2.08. The van der Waals surface area contributed by atoms with Crippen LogP contribution in [0.4, 0.5) is 0 Å². The highest BCUT2D eigenvalue weighted by molar-refractivity contribution is 6.40. The number of nitrogens with zero attached hydrogens (tertiary/aromatic N) is 2. The van der Waals surface area contributed by atoms with E-state index < -0.39 is 5.97 Å². The Hall–Kier alpha value is -1.39. The molecule has 0 saturated carbocycles. The number of aryl methyl sites for hydroxylation is 1. The van der Waals surface area contributed by atoms with E-state index >= 15 is 0 Å². The molecule has 0 amide bonds. The minimum absolute atomic E-state index is 0.0672. The lowest BCUT2D eigenvalue weighted by molar-refractivity contribution is 0.0602. The van der Waals surface area contributed by atoms with Crippen molar-refractivity contribution < 1.29 is 9.53 Å². The average Bonchev–Trinajstić information content (AvgIpc) is 2.33. The Bertz CT molecular complexity index is 651. The fourth-order valence-electron chi connectivity index (χ4n) is 1.73. The van der Waals surface area contributed by atoms with Crippen LogP contribution in [-0.2, 0) is 4.74 Å². The van der Waals surface area contributed by atoms with E-state index in [1.54, 1.807) is 0 Å². The molecule has 6 heteroatoms. The number of ether oxygens (including phenoxy) is 1. The largest absolute Gasteiger partial charge is 0.465 e. The number of hydrogen-bond acceptors (Lipinski definition) is 4. The van der Waals surface area contributed by atoms with Crippen LogP contribution in [0.3, 0.4) is 0 Å². The molecule has 1 aromatic heterocycles. The number of esters is 1. The Morgan fingerprint density at radius 1 is 1.22 bits per heavy atom. The lowest BCUT2D eigenvalue weighted by Gasteiger charge is -2.10. The Morgan fingerprint density at radius 3 is 2.44 bits per heavy atom. The third kappa shape index (κ3) is 2.02. The van der Waals surface area contributed by atoms with Crippen molar-refractivity contribution >= 4 is 40.2 Å². The van der Waals surface area contributed by atoms with Gasteiger partial charge in [0.15, 0.2) is 10.3 Å². The third-order valence-corrected chi connectivity index (χ3v) is 3.41. The summed E-state index contributed by atoms with van der Waals surface area (Å²) in [5.41, 5.74) is 3.00. The summed E-state index contributed by atoms with van der Waals surface area (Å²) in [6, 6.07) is 1.81. The fraction of sp³-hybridized carbons (Fsp3) is 0.250. The van der Waals surface area contributed by atoms with Gasteiger partial charge in [0.1, 0.15) is 5.52 Å². The summed E-state index contributed by atoms with van der Waals surface area (Å²) >= 11 is 11.7. The van der Waals surface area contributed by atoms with Crippen LogP contribution in [0.15, 0.2) is 6.07 Å². The molecule has 2 rings (SSSR count). The molecule has 0 fully saturated rings. The van der Waals surface area contributed by atoms with Gasteiger partial charge in [-0.2, -0.15) is 0 Å². The molecule has 0 bridgehead atoms. The maximum Gasteiger partial charge on any atom is 0.340 e. The van der Waals surface area contributed by atoms with Crippen molar-refractivity contribution in [2.45, 2.75) is 13.8 Å². The van der Waals surface area contributed by atoms with Crippen LogP contribution in [0.5, 0.6) is 0 Å². The Labute approximate surface area is 114 Å². The fourth-order valence-corrected chi connectivity index (χ4v) is 1.99. The molecule has 0 aliphatic heterocycles. The quantitative estimate of drug-likeness (QED) is 0.754. The van der Waals surface area contributed by atoms with Crippen LogP contribution in [0.2, 0.25) is 10.3 Å². The molecule has 0 N–H and O–H groups in total. The molecule has 0 aliphatic rings. The molecule has 0 radical (unpaired) electrons. The summed E-state index contributed by atoms with van der Waals surface area (Å²) in [6.45, 7) is 3.70. The van der Waals surface area contributed by atoms with E-state index in [2.05, 4.69) is 9.97 Å². The Kier molecular flexibility index (Phi) is 3.41. The van der Waals surface area contributed by atoms with E-state index in [1.807, 2.05) is 19.9 Å². The topological polar surface area (TPSA) is 52.1 Å². The molecule has 18 heavy (non-hydrogen) atoms. The van der Waals surface area contributed by atoms with E-state index in [4.69, 9.17) is 27.9 Å². The van der Waals surface area contributed by atoms with Crippen LogP contribution in [0.1, 0.15) is 21.5 Å². The minimum atomic E-state index is -0.464. The second-order valence-electron chi connectivity index (χ2n) is 3.86. The van der Waals surface area contributed by atoms with Crippen molar-refractivity contribution in [1.82, 2.24) is 9.97 Å². The van der Waals surface area contributed by atoms with Crippen molar-refractivity contribution in [3.8, 4) is 0 Å². The van der Waals surface area contributed by atoms with Gasteiger partial charge >= 0.3 is 5.97 Å². The van der Waals surface area contributed by atoms with Gasteiger partial charge < -0.3 is 4.74 Å². The molecule has 0 unspecified atom stereocenters. The second kappa shape index (κ2) is 4.71. The predicted molar refractivity (Wildman–Crippen MR) is 70.4 cm³/mol. The monoisotopic (exact) mass is 284 g/mol. The highest BCUT2D eigenvalue weighted by atomic mass is 35.5. The summed E-state index contributed by atoms with van der Waals surface area (Å²) in [7, 11) is 1.32. The predicted octanol–water partition coefficient (Wildman–Crippen LogP) is 3.34. The number of fused-ring (bicyclic) bond motifs is 1. The van der Waals surface area contributed by atoms with E-state index in [9.17, 15) is 4.79 Å². The molecule has 0 saturated heterocycles. The molecular weight excluding hydrogens is 275 g/mol. The van der Waals surface area contributed by atoms with Crippen molar-refractivity contribution in [3.05, 3.63) is 33.1 Å². The van der Waals surface area contributed by atoms with Crippen LogP contribution >= 0.6 is 23.2 Å². The number of hydrogen-bond donors (Lipinski definition) is 0. The molecule has 0 aliphatic carbocycles. The highest BCUT2D eigenvalue weighted by Crippen LogP contribution is 2.27. The first-order valence-corrected chi connectivity index (χ1v) is 5.92. The van der Waals surface area contributed by atoms with Crippen molar-refractivity contribution in [2.24, 2.45) is 0 Å². The van der Waals surface area contributed by atoms with Gasteiger partial charge in [0, 0.05) is 0 Å². The van der Waals surface area contributed by atoms with E-state index in [0.29, 0.717) is 16.6 Å². The summed E-state index contributed by atoms with van der Waals surface area (Å²) in [5.74, 6) is -0.464. The Morgan fingerprint density at radius 2 is 1.83 bits per heavy atom. The zero-order valence-corrected chi connectivity index (χ0v) is 11.6. The van der Waals surface area contributed by atoms with Gasteiger partial charge in [-0.1, -0.05) is 23.2 Å². The average molecular weight is 285 g/mol. The third-order valence-electron chi connectivity index (χ3n) is 2.79. The Balaban J connectivity index is 2.92. The number of halogens is 2. The highest BCUT2D eigenvalue weighted by Gasteiger charge is 2.19. The maximum atomic E-state index is 11.8. The van der Waals surface area contributed by atoms with E-state index in [1.165, 1.54) is 7.11 Å². The standard InChI is InChI=1S/C12H10Cl2N2O2/c1-5-4-7-9(16-11(14)10(13)15-7)8(6(5)2)12(17)18-3/h4H,1-3H3. The van der Waals surface area contributed by atoms with Crippen molar-refractivity contribution in [2.75, 3.05) is 7.11 Å². The van der Waals surface area contributed by atoms with Gasteiger partial charge in [-0.15, -0.1) is 0 Å². The van der Waals surface area contributed by atoms with Crippen LogP contribution in [0.25, 0.3) is 11.0 Å². The van der Waals surface area contributed by atoms with Crippen LogP contribution in [-0.4, -0.2) is 23.0 Å². The summed E-state index contributed by atoms with van der Waals surface area (Å²) in [5, 5.41) is 0.181. The first-order chi connectivity index (χ1) is 8.45. The van der Waals surface area contributed by atoms with Gasteiger partial charge in [-0.3, -0.25) is 0 Å². The molecular formula is C12H10Cl2N2O2. The lowest BCUT2D eigenvalue weighted by atomic mass is 10.0. The van der Waals surface area contributed by atoms with Crippen LogP contribution < -0.4 is 0 Å². The molecule has 4 nitrogen and oxygen atoms in total. The molecule has 2 aromatic rings. The van der Waals surface area contributed by atoms with E-state index in [-0.39, 0.29) is 10.3 Å². The second-order valence-corrected chi connectivity index (χ2v) is 4.57. The van der Waals surface area contributed by atoms with Gasteiger partial charge in [0.05, 0.1) is 18.2 Å². The molecule has 0 atom stereocenters. The number of carbonyl (C=O) groups excluding carboxylic acids is 1. The normalized spacial score (nSPS) is 10.7. The summed E-state index contributed by atoms with van der Waals surface area (Å²) < 4.78 is 4.77. The zero-order valence-electron chi connectivity index (χ0n) is 10.0. The number of carbonyl (C=O) groups is 1. The van der Waals surface area contributed by atoms with E-state index in [0.717, 1.165) is 11.1 Å². The van der Waals surface area contributed by atoms with Crippen molar-refractivity contribution in [1.29, 1.82) is 0 Å².